The summed E-state index contributed by atoms with van der Waals surface area (Å²) in [5.41, 5.74) is 1.44. The predicted octanol–water partition coefficient (Wildman–Crippen LogP) is 3.37. The summed E-state index contributed by atoms with van der Waals surface area (Å²) in [4.78, 5) is 16.8. The first kappa shape index (κ1) is 25.2. The van der Waals surface area contributed by atoms with E-state index >= 15 is 0 Å². The molecule has 0 unspecified atom stereocenters. The van der Waals surface area contributed by atoms with Crippen LogP contribution in [0.5, 0.6) is 11.5 Å². The van der Waals surface area contributed by atoms with Crippen LogP contribution in [0.25, 0.3) is 6.08 Å². The van der Waals surface area contributed by atoms with Gasteiger partial charge in [0.15, 0.2) is 17.3 Å². The summed E-state index contributed by atoms with van der Waals surface area (Å²) in [7, 11) is 3.17. The quantitative estimate of drug-likeness (QED) is 0.471. The van der Waals surface area contributed by atoms with Crippen molar-refractivity contribution in [1.29, 1.82) is 0 Å². The molecule has 4 rings (SSSR count). The van der Waals surface area contributed by atoms with Crippen molar-refractivity contribution >= 4 is 11.9 Å². The molecule has 1 aromatic heterocycles. The zero-order valence-corrected chi connectivity index (χ0v) is 18.4. The Balaban J connectivity index is 0.000000501. The summed E-state index contributed by atoms with van der Waals surface area (Å²) in [5, 5.41) is 4.09. The van der Waals surface area contributed by atoms with Crippen LogP contribution in [0.1, 0.15) is 5.56 Å². The van der Waals surface area contributed by atoms with Crippen LogP contribution < -0.4 is 9.47 Å². The molecule has 7 heteroatoms. The minimum absolute atomic E-state index is 0. The van der Waals surface area contributed by atoms with Crippen molar-refractivity contribution in [2.24, 2.45) is 0 Å². The largest absolute Gasteiger partial charge is 2.00 e. The van der Waals surface area contributed by atoms with Crippen molar-refractivity contribution in [3.8, 4) is 11.5 Å². The van der Waals surface area contributed by atoms with Crippen molar-refractivity contribution < 1.29 is 31.3 Å². The van der Waals surface area contributed by atoms with Gasteiger partial charge in [-0.05, 0) is 81.6 Å². The van der Waals surface area contributed by atoms with Crippen molar-refractivity contribution in [1.82, 2.24) is 14.8 Å². The Bertz CT molecular complexity index is 819. The van der Waals surface area contributed by atoms with E-state index in [0.717, 1.165) is 5.56 Å². The van der Waals surface area contributed by atoms with Gasteiger partial charge in [-0.2, -0.15) is 5.10 Å². The van der Waals surface area contributed by atoms with E-state index in [0.29, 0.717) is 29.5 Å². The van der Waals surface area contributed by atoms with E-state index in [2.05, 4.69) is 10.1 Å². The summed E-state index contributed by atoms with van der Waals surface area (Å²) in [6.07, 6.45) is 22.1. The molecule has 0 N–H and O–H groups in total. The Labute approximate surface area is 195 Å². The SMILES string of the molecule is COc1ccc(/C=C(\Cn2cncn2)C(=O)[C]2[CH][CH][CH][CH]2)cc1OC.[CH]1[CH][CH][CH][CH]1.[Fe+2]. The third kappa shape index (κ3) is 7.51. The molecule has 2 saturated carbocycles. The number of allylic oxidation sites excluding steroid dienone is 1. The van der Waals surface area contributed by atoms with Gasteiger partial charge in [-0.3, -0.25) is 4.79 Å². The Kier molecular flexibility index (Phi) is 10.8. The average molecular weight is 457 g/mol. The van der Waals surface area contributed by atoms with Gasteiger partial charge in [0.1, 0.15) is 12.7 Å². The van der Waals surface area contributed by atoms with Crippen LogP contribution in [0, 0.1) is 63.7 Å². The van der Waals surface area contributed by atoms with E-state index in [1.54, 1.807) is 38.1 Å². The number of rotatable bonds is 7. The average Bonchev–Trinajstić information content (AvgIpc) is 3.57. The summed E-state index contributed by atoms with van der Waals surface area (Å²) < 4.78 is 12.2. The topological polar surface area (TPSA) is 66.2 Å². The number of ether oxygens (including phenoxy) is 2. The third-order valence-corrected chi connectivity index (χ3v) is 4.32. The number of nitrogens with zero attached hydrogens (tertiary/aromatic N) is 3. The molecule has 0 spiro atoms. The van der Waals surface area contributed by atoms with E-state index in [4.69, 9.17) is 9.47 Å². The Morgan fingerprint density at radius 1 is 0.968 bits per heavy atom. The number of carbonyl (C=O) groups is 1. The number of hydrogen-bond acceptors (Lipinski definition) is 5. The van der Waals surface area contributed by atoms with E-state index < -0.39 is 0 Å². The zero-order chi connectivity index (χ0) is 21.2. The van der Waals surface area contributed by atoms with E-state index in [1.807, 2.05) is 69.2 Å². The van der Waals surface area contributed by atoms with Crippen LogP contribution in [0.4, 0.5) is 0 Å². The molecule has 10 radical (unpaired) electrons. The van der Waals surface area contributed by atoms with E-state index in [9.17, 15) is 4.79 Å². The number of Topliss-reactive ketones (excluding diaryl/α,β-unsaturated/α-hetero) is 1. The van der Waals surface area contributed by atoms with Crippen molar-refractivity contribution in [2.45, 2.75) is 6.54 Å². The molecule has 0 amide bonds. The fraction of sp³-hybridized carbons (Fsp3) is 0.125. The second-order valence-corrected chi connectivity index (χ2v) is 6.34. The van der Waals surface area contributed by atoms with Crippen molar-refractivity contribution in [3.05, 3.63) is 106 Å². The second kappa shape index (κ2) is 13.3. The monoisotopic (exact) mass is 457 g/mol. The first-order chi connectivity index (χ1) is 14.7. The molecule has 158 valence electrons. The first-order valence-electron chi connectivity index (χ1n) is 9.39. The molecule has 31 heavy (non-hydrogen) atoms. The molecule has 2 aliphatic carbocycles. The van der Waals surface area contributed by atoms with Crippen LogP contribution in [0.2, 0.25) is 0 Å². The van der Waals surface area contributed by atoms with Crippen LogP contribution in [-0.2, 0) is 28.4 Å². The smallest absolute Gasteiger partial charge is 0.493 e. The fourth-order valence-corrected chi connectivity index (χ4v) is 2.85. The molecule has 1 heterocycles. The number of carbonyl (C=O) groups excluding carboxylic acids is 1. The summed E-state index contributed by atoms with van der Waals surface area (Å²) in [6.45, 7) is 0.332. The van der Waals surface area contributed by atoms with Crippen LogP contribution in [-0.4, -0.2) is 34.8 Å². The minimum Gasteiger partial charge on any atom is -0.493 e. The molecule has 2 aromatic rings. The standard InChI is InChI=1S/C19H18N3O3.C5H5.Fe/c1-24-17-8-7-14(10-18(17)25-2)9-16(11-22-13-20-12-21-22)19(23)15-5-3-4-6-15;1-2-4-5-3-1;/h3-10,12-13H,11H2,1-2H3;1-5H;/q;;+2/b16-9+;;. The van der Waals surface area contributed by atoms with Crippen LogP contribution in [0.15, 0.2) is 36.4 Å². The number of aromatic nitrogens is 3. The molecule has 6 nitrogen and oxygen atoms in total. The molecule has 2 fully saturated rings. The van der Waals surface area contributed by atoms with Gasteiger partial charge in [0, 0.05) is 5.57 Å². The van der Waals surface area contributed by atoms with Crippen molar-refractivity contribution in [3.63, 3.8) is 0 Å². The van der Waals surface area contributed by atoms with Gasteiger partial charge in [0.25, 0.3) is 0 Å². The minimum atomic E-state index is -0.0460. The molecule has 0 aliphatic heterocycles. The maximum absolute atomic E-state index is 12.8. The molecular formula is C24H23FeN3O3+2. The summed E-state index contributed by atoms with van der Waals surface area (Å²) in [6, 6.07) is 5.52. The third-order valence-electron chi connectivity index (χ3n) is 4.32. The Hall–Kier alpha value is -2.11. The number of benzene rings is 1. The second-order valence-electron chi connectivity index (χ2n) is 6.34. The molecule has 0 bridgehead atoms. The van der Waals surface area contributed by atoms with Gasteiger partial charge >= 0.3 is 17.1 Å². The number of ketones is 1. The van der Waals surface area contributed by atoms with Gasteiger partial charge < -0.3 is 9.47 Å². The normalized spacial score (nSPS) is 16.3. The van der Waals surface area contributed by atoms with E-state index in [-0.39, 0.29) is 22.9 Å². The van der Waals surface area contributed by atoms with Gasteiger partial charge in [-0.1, -0.05) is 6.07 Å². The van der Waals surface area contributed by atoms with Crippen LogP contribution >= 0.6 is 0 Å². The Morgan fingerprint density at radius 2 is 1.61 bits per heavy atom. The van der Waals surface area contributed by atoms with Gasteiger partial charge in [0.05, 0.1) is 26.7 Å². The Morgan fingerprint density at radius 3 is 2.16 bits per heavy atom. The van der Waals surface area contributed by atoms with E-state index in [1.165, 1.54) is 6.33 Å². The number of methoxy groups -OCH3 is 2. The molecule has 1 aromatic carbocycles. The first-order valence-corrected chi connectivity index (χ1v) is 9.39. The maximum atomic E-state index is 12.8. The van der Waals surface area contributed by atoms with Gasteiger partial charge in [-0.15, -0.1) is 0 Å². The van der Waals surface area contributed by atoms with Gasteiger partial charge in [0.2, 0.25) is 0 Å². The molecular weight excluding hydrogens is 434 g/mol. The molecule has 0 atom stereocenters. The molecule has 2 aliphatic rings. The fourth-order valence-electron chi connectivity index (χ4n) is 2.85. The molecule has 0 saturated heterocycles. The maximum Gasteiger partial charge on any atom is 2.00 e. The summed E-state index contributed by atoms with van der Waals surface area (Å²) in [5.74, 6) is 1.85. The van der Waals surface area contributed by atoms with Crippen LogP contribution in [0.3, 0.4) is 0 Å². The van der Waals surface area contributed by atoms with Crippen molar-refractivity contribution in [2.75, 3.05) is 14.2 Å². The number of hydrogen-bond donors (Lipinski definition) is 0. The summed E-state index contributed by atoms with van der Waals surface area (Å²) >= 11 is 0. The van der Waals surface area contributed by atoms with Gasteiger partial charge in [-0.25, -0.2) is 9.67 Å². The zero-order valence-electron chi connectivity index (χ0n) is 17.3. The predicted molar refractivity (Wildman–Crippen MR) is 114 cm³/mol.